The molecular weight excluding hydrogens is 236 g/mol. The number of pyridine rings is 1. The van der Waals surface area contributed by atoms with Crippen LogP contribution in [0.5, 0.6) is 0 Å². The molecule has 92 valence electrons. The summed E-state index contributed by atoms with van der Waals surface area (Å²) in [4.78, 5) is 16.0. The number of aromatic nitrogens is 1. The van der Waals surface area contributed by atoms with E-state index >= 15 is 0 Å². The summed E-state index contributed by atoms with van der Waals surface area (Å²) in [5, 5.41) is 0. The van der Waals surface area contributed by atoms with Gasteiger partial charge in [0.25, 0.3) is 0 Å². The molecule has 2 aromatic rings. The van der Waals surface area contributed by atoms with Crippen molar-refractivity contribution in [3.8, 4) is 0 Å². The summed E-state index contributed by atoms with van der Waals surface area (Å²) in [5.74, 6) is -2.59. The molecule has 0 atom stereocenters. The van der Waals surface area contributed by atoms with E-state index < -0.39 is 17.4 Å². The minimum absolute atomic E-state index is 0.0347. The third kappa shape index (κ3) is 2.42. The molecular formula is C14H11F2NO. The molecule has 0 saturated heterocycles. The summed E-state index contributed by atoms with van der Waals surface area (Å²) in [5.41, 5.74) is 1.19. The van der Waals surface area contributed by atoms with Crippen molar-refractivity contribution in [2.45, 2.75) is 13.3 Å². The third-order valence-corrected chi connectivity index (χ3v) is 2.70. The lowest BCUT2D eigenvalue weighted by atomic mass is 10.0. The Morgan fingerprint density at radius 3 is 2.72 bits per heavy atom. The molecule has 0 bridgehead atoms. The molecule has 18 heavy (non-hydrogen) atoms. The van der Waals surface area contributed by atoms with Crippen molar-refractivity contribution in [2.24, 2.45) is 0 Å². The fraction of sp³-hybridized carbons (Fsp3) is 0.143. The number of rotatable bonds is 3. The SMILES string of the molecule is Cc1cccnc1CC(=O)c1cccc(F)c1F. The first-order valence-corrected chi connectivity index (χ1v) is 5.47. The number of carbonyl (C=O) groups is 1. The topological polar surface area (TPSA) is 30.0 Å². The van der Waals surface area contributed by atoms with Crippen LogP contribution in [0.25, 0.3) is 0 Å². The Labute approximate surface area is 103 Å². The first kappa shape index (κ1) is 12.4. The smallest absolute Gasteiger partial charge is 0.171 e. The van der Waals surface area contributed by atoms with Gasteiger partial charge in [0.15, 0.2) is 17.4 Å². The highest BCUT2D eigenvalue weighted by Gasteiger charge is 2.16. The zero-order valence-corrected chi connectivity index (χ0v) is 9.78. The van der Waals surface area contributed by atoms with Crippen molar-refractivity contribution in [3.05, 3.63) is 65.0 Å². The van der Waals surface area contributed by atoms with Crippen molar-refractivity contribution >= 4 is 5.78 Å². The van der Waals surface area contributed by atoms with E-state index in [-0.39, 0.29) is 12.0 Å². The van der Waals surface area contributed by atoms with Gasteiger partial charge in [0.05, 0.1) is 17.7 Å². The number of Topliss-reactive ketones (excluding diaryl/α,β-unsaturated/α-hetero) is 1. The van der Waals surface area contributed by atoms with Crippen LogP contribution in [0, 0.1) is 18.6 Å². The molecule has 0 fully saturated rings. The van der Waals surface area contributed by atoms with Gasteiger partial charge < -0.3 is 0 Å². The summed E-state index contributed by atoms with van der Waals surface area (Å²) in [6.07, 6.45) is 1.53. The summed E-state index contributed by atoms with van der Waals surface area (Å²) < 4.78 is 26.5. The Balaban J connectivity index is 2.28. The van der Waals surface area contributed by atoms with Crippen LogP contribution in [0.15, 0.2) is 36.5 Å². The molecule has 2 rings (SSSR count). The molecule has 2 nitrogen and oxygen atoms in total. The van der Waals surface area contributed by atoms with E-state index in [1.807, 2.05) is 13.0 Å². The van der Waals surface area contributed by atoms with Gasteiger partial charge in [-0.3, -0.25) is 9.78 Å². The van der Waals surface area contributed by atoms with Gasteiger partial charge in [0.1, 0.15) is 0 Å². The van der Waals surface area contributed by atoms with Crippen LogP contribution in [-0.4, -0.2) is 10.8 Å². The normalized spacial score (nSPS) is 10.4. The van der Waals surface area contributed by atoms with Crippen LogP contribution in [0.3, 0.4) is 0 Å². The molecule has 0 unspecified atom stereocenters. The molecule has 0 aliphatic heterocycles. The number of carbonyl (C=O) groups excluding carboxylic acids is 1. The molecule has 0 N–H and O–H groups in total. The number of hydrogen-bond acceptors (Lipinski definition) is 2. The minimum Gasteiger partial charge on any atom is -0.294 e. The monoisotopic (exact) mass is 247 g/mol. The van der Waals surface area contributed by atoms with Crippen LogP contribution in [0.2, 0.25) is 0 Å². The average Bonchev–Trinajstić information content (AvgIpc) is 2.35. The van der Waals surface area contributed by atoms with Crippen LogP contribution in [0.4, 0.5) is 8.78 Å². The fourth-order valence-corrected chi connectivity index (χ4v) is 1.67. The molecule has 1 heterocycles. The maximum atomic E-state index is 13.4. The maximum absolute atomic E-state index is 13.4. The Kier molecular flexibility index (Phi) is 3.46. The van der Waals surface area contributed by atoms with E-state index in [4.69, 9.17) is 0 Å². The van der Waals surface area contributed by atoms with E-state index in [1.54, 1.807) is 12.3 Å². The van der Waals surface area contributed by atoms with E-state index in [2.05, 4.69) is 4.98 Å². The number of ketones is 1. The van der Waals surface area contributed by atoms with Crippen molar-refractivity contribution in [1.29, 1.82) is 0 Å². The van der Waals surface area contributed by atoms with E-state index in [9.17, 15) is 13.6 Å². The van der Waals surface area contributed by atoms with Gasteiger partial charge in [0.2, 0.25) is 0 Å². The van der Waals surface area contributed by atoms with E-state index in [0.29, 0.717) is 5.69 Å². The molecule has 0 aliphatic rings. The van der Waals surface area contributed by atoms with Crippen molar-refractivity contribution in [3.63, 3.8) is 0 Å². The van der Waals surface area contributed by atoms with Crippen molar-refractivity contribution < 1.29 is 13.6 Å². The molecule has 0 saturated carbocycles. The largest absolute Gasteiger partial charge is 0.294 e. The third-order valence-electron chi connectivity index (χ3n) is 2.70. The van der Waals surface area contributed by atoms with Gasteiger partial charge in [-0.1, -0.05) is 12.1 Å². The lowest BCUT2D eigenvalue weighted by Gasteiger charge is -2.05. The second kappa shape index (κ2) is 5.04. The molecule has 0 radical (unpaired) electrons. The second-order valence-electron chi connectivity index (χ2n) is 3.97. The predicted molar refractivity (Wildman–Crippen MR) is 63.4 cm³/mol. The summed E-state index contributed by atoms with van der Waals surface area (Å²) in [6.45, 7) is 1.82. The first-order chi connectivity index (χ1) is 8.59. The Morgan fingerprint density at radius 1 is 1.22 bits per heavy atom. The standard InChI is InChI=1S/C14H11F2NO/c1-9-4-3-7-17-12(9)8-13(18)10-5-2-6-11(15)14(10)16/h2-7H,8H2,1H3. The molecule has 1 aromatic heterocycles. The average molecular weight is 247 g/mol. The number of halogens is 2. The second-order valence-corrected chi connectivity index (χ2v) is 3.97. The quantitative estimate of drug-likeness (QED) is 0.780. The van der Waals surface area contributed by atoms with Crippen LogP contribution >= 0.6 is 0 Å². The van der Waals surface area contributed by atoms with Gasteiger partial charge in [-0.15, -0.1) is 0 Å². The molecule has 0 spiro atoms. The van der Waals surface area contributed by atoms with E-state index in [1.165, 1.54) is 12.1 Å². The van der Waals surface area contributed by atoms with Gasteiger partial charge in [-0.25, -0.2) is 8.78 Å². The molecule has 0 aliphatic carbocycles. The summed E-state index contributed by atoms with van der Waals surface area (Å²) in [7, 11) is 0. The zero-order chi connectivity index (χ0) is 13.1. The fourth-order valence-electron chi connectivity index (χ4n) is 1.67. The van der Waals surface area contributed by atoms with Crippen LogP contribution in [-0.2, 0) is 6.42 Å². The summed E-state index contributed by atoms with van der Waals surface area (Å²) in [6, 6.07) is 7.15. The molecule has 1 aromatic carbocycles. The number of benzene rings is 1. The van der Waals surface area contributed by atoms with Gasteiger partial charge in [0, 0.05) is 6.20 Å². The minimum atomic E-state index is -1.10. The van der Waals surface area contributed by atoms with Gasteiger partial charge in [-0.2, -0.15) is 0 Å². The van der Waals surface area contributed by atoms with Crippen molar-refractivity contribution in [2.75, 3.05) is 0 Å². The van der Waals surface area contributed by atoms with Gasteiger partial charge >= 0.3 is 0 Å². The Hall–Kier alpha value is -2.10. The highest BCUT2D eigenvalue weighted by Crippen LogP contribution is 2.15. The number of nitrogens with zero attached hydrogens (tertiary/aromatic N) is 1. The van der Waals surface area contributed by atoms with E-state index in [0.717, 1.165) is 11.6 Å². The van der Waals surface area contributed by atoms with Crippen LogP contribution < -0.4 is 0 Å². The number of aryl methyl sites for hydroxylation is 1. The Bertz CT molecular complexity index is 596. The predicted octanol–water partition coefficient (Wildman–Crippen LogP) is 3.09. The maximum Gasteiger partial charge on any atom is 0.171 e. The lowest BCUT2D eigenvalue weighted by Crippen LogP contribution is -2.09. The molecule has 4 heteroatoms. The highest BCUT2D eigenvalue weighted by molar-refractivity contribution is 5.97. The zero-order valence-electron chi connectivity index (χ0n) is 9.78. The van der Waals surface area contributed by atoms with Crippen LogP contribution in [0.1, 0.15) is 21.6 Å². The molecule has 0 amide bonds. The highest BCUT2D eigenvalue weighted by atomic mass is 19.2. The van der Waals surface area contributed by atoms with Gasteiger partial charge in [-0.05, 0) is 30.7 Å². The summed E-state index contributed by atoms with van der Waals surface area (Å²) >= 11 is 0. The first-order valence-electron chi connectivity index (χ1n) is 5.47. The van der Waals surface area contributed by atoms with Crippen molar-refractivity contribution in [1.82, 2.24) is 4.98 Å². The lowest BCUT2D eigenvalue weighted by molar-refractivity contribution is 0.0987. The number of hydrogen-bond donors (Lipinski definition) is 0. The Morgan fingerprint density at radius 2 is 2.00 bits per heavy atom.